The number of amides is 2. The number of hydrogen-bond donors (Lipinski definition) is 2. The van der Waals surface area contributed by atoms with E-state index >= 15 is 0 Å². The Morgan fingerprint density at radius 3 is 2.47 bits per heavy atom. The van der Waals surface area contributed by atoms with Crippen molar-refractivity contribution in [3.8, 4) is 6.07 Å². The molecule has 0 saturated carbocycles. The third kappa shape index (κ3) is 5.89. The van der Waals surface area contributed by atoms with Crippen molar-refractivity contribution in [1.29, 1.82) is 5.26 Å². The molecule has 0 spiro atoms. The van der Waals surface area contributed by atoms with Gasteiger partial charge in [0.1, 0.15) is 11.1 Å². The molecule has 0 radical (unpaired) electrons. The molecule has 1 aliphatic carbocycles. The second kappa shape index (κ2) is 10.2. The molecule has 0 fully saturated rings. The number of thioether (sulfide) groups is 1. The lowest BCUT2D eigenvalue weighted by atomic mass is 9.69. The highest BCUT2D eigenvalue weighted by atomic mass is 32.2. The van der Waals surface area contributed by atoms with Gasteiger partial charge in [0.15, 0.2) is 0 Å². The minimum Gasteiger partial charge on any atom is -0.326 e. The van der Waals surface area contributed by atoms with Gasteiger partial charge in [-0.1, -0.05) is 39.0 Å². The summed E-state index contributed by atoms with van der Waals surface area (Å²) < 4.78 is 0. The third-order valence-electron chi connectivity index (χ3n) is 6.32. The van der Waals surface area contributed by atoms with Crippen molar-refractivity contribution in [2.24, 2.45) is 11.3 Å². The van der Waals surface area contributed by atoms with Crippen LogP contribution >= 0.6 is 11.8 Å². The zero-order valence-electron chi connectivity index (χ0n) is 19.1. The van der Waals surface area contributed by atoms with Gasteiger partial charge in [-0.25, -0.2) is 4.98 Å². The van der Waals surface area contributed by atoms with Gasteiger partial charge >= 0.3 is 0 Å². The number of hydrogen-bond acceptors (Lipinski definition) is 5. The van der Waals surface area contributed by atoms with Crippen molar-refractivity contribution in [3.63, 3.8) is 0 Å². The van der Waals surface area contributed by atoms with E-state index < -0.39 is 0 Å². The number of aryl methyl sites for hydroxylation is 1. The first-order valence-electron chi connectivity index (χ1n) is 10.9. The Bertz CT molecular complexity index is 1040. The Balaban J connectivity index is 1.63. The van der Waals surface area contributed by atoms with Gasteiger partial charge in [0.05, 0.1) is 11.3 Å². The monoisotopic (exact) mass is 450 g/mol. The van der Waals surface area contributed by atoms with E-state index in [-0.39, 0.29) is 23.0 Å². The van der Waals surface area contributed by atoms with E-state index in [1.54, 1.807) is 24.3 Å². The van der Waals surface area contributed by atoms with Crippen LogP contribution in [0.25, 0.3) is 0 Å². The number of fused-ring (bicyclic) bond motifs is 1. The van der Waals surface area contributed by atoms with Crippen molar-refractivity contribution in [2.45, 2.75) is 58.4 Å². The molecule has 0 aliphatic heterocycles. The van der Waals surface area contributed by atoms with Crippen LogP contribution in [0.4, 0.5) is 11.4 Å². The Morgan fingerprint density at radius 2 is 1.88 bits per heavy atom. The molecule has 1 aliphatic rings. The number of nitriles is 1. The highest BCUT2D eigenvalue weighted by molar-refractivity contribution is 8.00. The Hall–Kier alpha value is -2.85. The molecule has 1 atom stereocenters. The fraction of sp³-hybridized carbons (Fsp3) is 0.440. The number of aromatic nitrogens is 1. The maximum atomic E-state index is 12.4. The van der Waals surface area contributed by atoms with E-state index in [2.05, 4.69) is 37.5 Å². The third-order valence-corrected chi connectivity index (χ3v) is 7.31. The zero-order chi connectivity index (χ0) is 23.3. The minimum atomic E-state index is -0.171. The molecule has 2 amide bonds. The van der Waals surface area contributed by atoms with Crippen LogP contribution in [0.3, 0.4) is 0 Å². The number of nitrogens with zero attached hydrogens (tertiary/aromatic N) is 2. The average molecular weight is 451 g/mol. The van der Waals surface area contributed by atoms with Crippen LogP contribution in [-0.4, -0.2) is 22.6 Å². The van der Waals surface area contributed by atoms with Crippen LogP contribution < -0.4 is 10.6 Å². The summed E-state index contributed by atoms with van der Waals surface area (Å²) in [6.07, 6.45) is 4.10. The molecule has 1 unspecified atom stereocenters. The molecule has 2 aromatic rings. The molecule has 2 N–H and O–H groups in total. The quantitative estimate of drug-likeness (QED) is 0.567. The van der Waals surface area contributed by atoms with Crippen LogP contribution in [0.1, 0.15) is 57.4 Å². The van der Waals surface area contributed by atoms with Gasteiger partial charge in [-0.3, -0.25) is 9.59 Å². The fourth-order valence-electron chi connectivity index (χ4n) is 3.96. The molecule has 1 aromatic carbocycles. The summed E-state index contributed by atoms with van der Waals surface area (Å²) in [5.74, 6) is 0.443. The molecular weight excluding hydrogens is 420 g/mol. The number of nitrogens with one attached hydrogen (secondary N) is 2. The summed E-state index contributed by atoms with van der Waals surface area (Å²) >= 11 is 1.29. The lowest BCUT2D eigenvalue weighted by Gasteiger charge is -2.37. The maximum Gasteiger partial charge on any atom is 0.234 e. The van der Waals surface area contributed by atoms with E-state index in [1.807, 2.05) is 6.07 Å². The van der Waals surface area contributed by atoms with Crippen LogP contribution in [0.5, 0.6) is 0 Å². The van der Waals surface area contributed by atoms with Crippen LogP contribution in [0, 0.1) is 22.7 Å². The standard InChI is InChI=1S/C25H30N4O2S/c1-5-25(3,4)19-6-11-22-17(13-19)12-18(14-26)24(29-22)32-15-23(31)28-21-9-7-20(8-10-21)27-16(2)30/h7-10,12,19H,5-6,11,13,15H2,1-4H3,(H,27,30)(H,28,31). The lowest BCUT2D eigenvalue weighted by Crippen LogP contribution is -2.29. The van der Waals surface area contributed by atoms with E-state index in [0.29, 0.717) is 27.9 Å². The summed E-state index contributed by atoms with van der Waals surface area (Å²) in [5.41, 5.74) is 4.36. The van der Waals surface area contributed by atoms with Crippen molar-refractivity contribution in [2.75, 3.05) is 16.4 Å². The molecule has 1 heterocycles. The number of pyridine rings is 1. The summed E-state index contributed by atoms with van der Waals surface area (Å²) in [6.45, 7) is 8.31. The number of carbonyl (C=O) groups excluding carboxylic acids is 2. The Labute approximate surface area is 194 Å². The van der Waals surface area contributed by atoms with Crippen molar-refractivity contribution < 1.29 is 9.59 Å². The largest absolute Gasteiger partial charge is 0.326 e. The van der Waals surface area contributed by atoms with E-state index in [4.69, 9.17) is 4.98 Å². The van der Waals surface area contributed by atoms with Gasteiger partial charge in [0, 0.05) is 24.0 Å². The topological polar surface area (TPSA) is 94.9 Å². The number of benzene rings is 1. The van der Waals surface area contributed by atoms with Crippen molar-refractivity contribution >= 4 is 35.0 Å². The predicted octanol–water partition coefficient (Wildman–Crippen LogP) is 5.18. The van der Waals surface area contributed by atoms with Gasteiger partial charge in [-0.05, 0) is 66.5 Å². The van der Waals surface area contributed by atoms with Crippen molar-refractivity contribution in [1.82, 2.24) is 4.98 Å². The van der Waals surface area contributed by atoms with Crippen LogP contribution in [0.2, 0.25) is 0 Å². The fourth-order valence-corrected chi connectivity index (χ4v) is 4.74. The molecule has 7 heteroatoms. The summed E-state index contributed by atoms with van der Waals surface area (Å²) in [6, 6.07) is 11.2. The van der Waals surface area contributed by atoms with Crippen LogP contribution in [0.15, 0.2) is 35.4 Å². The van der Waals surface area contributed by atoms with Crippen LogP contribution in [-0.2, 0) is 22.4 Å². The number of anilines is 2. The normalized spacial score (nSPS) is 15.4. The highest BCUT2D eigenvalue weighted by Gasteiger charge is 2.32. The van der Waals surface area contributed by atoms with Gasteiger partial charge < -0.3 is 10.6 Å². The van der Waals surface area contributed by atoms with Gasteiger partial charge in [0.2, 0.25) is 11.8 Å². The van der Waals surface area contributed by atoms with Gasteiger partial charge in [-0.2, -0.15) is 5.26 Å². The van der Waals surface area contributed by atoms with E-state index in [0.717, 1.165) is 31.4 Å². The molecule has 0 bridgehead atoms. The summed E-state index contributed by atoms with van der Waals surface area (Å²) in [7, 11) is 0. The van der Waals surface area contributed by atoms with Gasteiger partial charge in [-0.15, -0.1) is 0 Å². The maximum absolute atomic E-state index is 12.4. The molecule has 6 nitrogen and oxygen atoms in total. The smallest absolute Gasteiger partial charge is 0.234 e. The summed E-state index contributed by atoms with van der Waals surface area (Å²) in [4.78, 5) is 28.3. The highest BCUT2D eigenvalue weighted by Crippen LogP contribution is 2.40. The Morgan fingerprint density at radius 1 is 1.22 bits per heavy atom. The molecule has 32 heavy (non-hydrogen) atoms. The molecular formula is C25H30N4O2S. The zero-order valence-corrected chi connectivity index (χ0v) is 19.9. The second-order valence-corrected chi connectivity index (χ2v) is 9.90. The second-order valence-electron chi connectivity index (χ2n) is 8.94. The van der Waals surface area contributed by atoms with Gasteiger partial charge in [0.25, 0.3) is 0 Å². The average Bonchev–Trinajstić information content (AvgIpc) is 2.77. The van der Waals surface area contributed by atoms with E-state index in [1.165, 1.54) is 24.2 Å². The number of rotatable bonds is 7. The first kappa shape index (κ1) is 23.8. The predicted molar refractivity (Wildman–Crippen MR) is 129 cm³/mol. The summed E-state index contributed by atoms with van der Waals surface area (Å²) in [5, 5.41) is 15.8. The SMILES string of the molecule is CCC(C)(C)C1CCc2nc(SCC(=O)Nc3ccc(NC(C)=O)cc3)c(C#N)cc2C1. The van der Waals surface area contributed by atoms with Crippen molar-refractivity contribution in [3.05, 3.63) is 47.2 Å². The first-order valence-corrected chi connectivity index (χ1v) is 11.9. The molecule has 3 rings (SSSR count). The minimum absolute atomic E-state index is 0.145. The lowest BCUT2D eigenvalue weighted by molar-refractivity contribution is -0.114. The molecule has 168 valence electrons. The molecule has 1 aromatic heterocycles. The number of carbonyl (C=O) groups is 2. The molecule has 0 saturated heterocycles. The first-order chi connectivity index (χ1) is 15.2. The Kier molecular flexibility index (Phi) is 7.57. The van der Waals surface area contributed by atoms with E-state index in [9.17, 15) is 14.9 Å².